The Morgan fingerprint density at radius 2 is 1.73 bits per heavy atom. The van der Waals surface area contributed by atoms with Gasteiger partial charge in [0.15, 0.2) is 0 Å². The van der Waals surface area contributed by atoms with Gasteiger partial charge in [0.1, 0.15) is 0 Å². The fourth-order valence-electron chi connectivity index (χ4n) is 1.70. The number of hydrogen-bond acceptors (Lipinski definition) is 2. The van der Waals surface area contributed by atoms with Crippen LogP contribution in [0.1, 0.15) is 17.5 Å². The van der Waals surface area contributed by atoms with Crippen LogP contribution in [-0.4, -0.2) is 32.1 Å². The monoisotopic (exact) mass is 206 g/mol. The van der Waals surface area contributed by atoms with Gasteiger partial charge in [-0.05, 0) is 52.0 Å². The van der Waals surface area contributed by atoms with Crippen LogP contribution in [0.15, 0.2) is 18.2 Å². The maximum atomic E-state index is 3.51. The van der Waals surface area contributed by atoms with Crippen molar-refractivity contribution < 1.29 is 0 Å². The van der Waals surface area contributed by atoms with Crippen LogP contribution >= 0.6 is 0 Å². The molecule has 0 spiro atoms. The lowest BCUT2D eigenvalue weighted by Crippen LogP contribution is -2.16. The van der Waals surface area contributed by atoms with Crippen molar-refractivity contribution in [1.82, 2.24) is 4.90 Å². The van der Waals surface area contributed by atoms with Gasteiger partial charge in [0.2, 0.25) is 0 Å². The van der Waals surface area contributed by atoms with Gasteiger partial charge in [-0.25, -0.2) is 0 Å². The maximum absolute atomic E-state index is 3.51. The summed E-state index contributed by atoms with van der Waals surface area (Å²) in [6.07, 6.45) is 1.18. The molecule has 0 aliphatic rings. The van der Waals surface area contributed by atoms with Gasteiger partial charge in [-0.1, -0.05) is 18.2 Å². The van der Waals surface area contributed by atoms with Crippen LogP contribution in [-0.2, 0) is 0 Å². The maximum Gasteiger partial charge on any atom is 0.0399 e. The van der Waals surface area contributed by atoms with Crippen molar-refractivity contribution in [2.75, 3.05) is 32.5 Å². The molecule has 0 aromatic heterocycles. The molecule has 0 amide bonds. The second-order valence-corrected chi connectivity index (χ2v) is 4.35. The molecule has 0 aliphatic heterocycles. The Labute approximate surface area is 93.3 Å². The lowest BCUT2D eigenvalue weighted by atomic mass is 10.1. The predicted octanol–water partition coefficient (Wildman–Crippen LogP) is 2.67. The summed E-state index contributed by atoms with van der Waals surface area (Å²) in [6, 6.07) is 6.41. The molecule has 0 saturated heterocycles. The first-order valence-electron chi connectivity index (χ1n) is 5.56. The molecule has 2 heteroatoms. The predicted molar refractivity (Wildman–Crippen MR) is 67.6 cm³/mol. The van der Waals surface area contributed by atoms with E-state index in [0.717, 1.165) is 13.1 Å². The summed E-state index contributed by atoms with van der Waals surface area (Å²) in [5, 5.41) is 3.51. The molecule has 2 nitrogen and oxygen atoms in total. The molecule has 0 radical (unpaired) electrons. The minimum absolute atomic E-state index is 1.05. The van der Waals surface area contributed by atoms with Crippen molar-refractivity contribution in [3.8, 4) is 0 Å². The Kier molecular flexibility index (Phi) is 4.63. The number of nitrogens with one attached hydrogen (secondary N) is 1. The zero-order chi connectivity index (χ0) is 11.3. The van der Waals surface area contributed by atoms with Gasteiger partial charge >= 0.3 is 0 Å². The first kappa shape index (κ1) is 12.1. The van der Waals surface area contributed by atoms with E-state index in [-0.39, 0.29) is 0 Å². The van der Waals surface area contributed by atoms with Crippen molar-refractivity contribution in [1.29, 1.82) is 0 Å². The normalized spacial score (nSPS) is 10.7. The van der Waals surface area contributed by atoms with Crippen molar-refractivity contribution in [2.24, 2.45) is 0 Å². The van der Waals surface area contributed by atoms with E-state index < -0.39 is 0 Å². The minimum atomic E-state index is 1.05. The van der Waals surface area contributed by atoms with Gasteiger partial charge in [0.25, 0.3) is 0 Å². The van der Waals surface area contributed by atoms with E-state index in [2.05, 4.69) is 56.4 Å². The number of nitrogens with zero attached hydrogens (tertiary/aromatic N) is 1. The average molecular weight is 206 g/mol. The van der Waals surface area contributed by atoms with E-state index in [9.17, 15) is 0 Å². The highest BCUT2D eigenvalue weighted by Gasteiger charge is 2.00. The molecule has 0 atom stereocenters. The highest BCUT2D eigenvalue weighted by atomic mass is 15.1. The van der Waals surface area contributed by atoms with Crippen LogP contribution in [0.25, 0.3) is 0 Å². The molecular weight excluding hydrogens is 184 g/mol. The summed E-state index contributed by atoms with van der Waals surface area (Å²) in [6.45, 7) is 6.49. The average Bonchev–Trinajstić information content (AvgIpc) is 2.15. The van der Waals surface area contributed by atoms with E-state index in [1.165, 1.54) is 23.2 Å². The third-order valence-corrected chi connectivity index (χ3v) is 2.57. The number of benzene rings is 1. The van der Waals surface area contributed by atoms with Crippen LogP contribution < -0.4 is 5.32 Å². The first-order chi connectivity index (χ1) is 7.11. The number of aryl methyl sites for hydroxylation is 2. The molecule has 0 saturated carbocycles. The Morgan fingerprint density at radius 3 is 2.27 bits per heavy atom. The molecule has 1 N–H and O–H groups in total. The minimum Gasteiger partial charge on any atom is -0.385 e. The van der Waals surface area contributed by atoms with E-state index in [1.807, 2.05) is 0 Å². The topological polar surface area (TPSA) is 15.3 Å². The second kappa shape index (κ2) is 5.76. The summed E-state index contributed by atoms with van der Waals surface area (Å²) in [7, 11) is 4.22. The second-order valence-electron chi connectivity index (χ2n) is 4.35. The Morgan fingerprint density at radius 1 is 1.13 bits per heavy atom. The standard InChI is InChI=1S/C13H22N2/c1-11-7-5-8-12(2)13(11)14-9-6-10-15(3)4/h5,7-8,14H,6,9-10H2,1-4H3. The molecule has 0 heterocycles. The molecule has 15 heavy (non-hydrogen) atoms. The molecule has 1 aromatic rings. The van der Waals surface area contributed by atoms with Crippen LogP contribution in [0.4, 0.5) is 5.69 Å². The Balaban J connectivity index is 2.43. The summed E-state index contributed by atoms with van der Waals surface area (Å²) >= 11 is 0. The van der Waals surface area contributed by atoms with E-state index in [1.54, 1.807) is 0 Å². The third kappa shape index (κ3) is 3.92. The Bertz CT molecular complexity index is 285. The fraction of sp³-hybridized carbons (Fsp3) is 0.538. The number of hydrogen-bond donors (Lipinski definition) is 1. The van der Waals surface area contributed by atoms with Crippen molar-refractivity contribution in [3.05, 3.63) is 29.3 Å². The van der Waals surface area contributed by atoms with Gasteiger partial charge in [-0.2, -0.15) is 0 Å². The summed E-state index contributed by atoms with van der Waals surface area (Å²) in [5.41, 5.74) is 3.97. The van der Waals surface area contributed by atoms with E-state index >= 15 is 0 Å². The molecular formula is C13H22N2. The first-order valence-corrected chi connectivity index (χ1v) is 5.56. The van der Waals surface area contributed by atoms with Gasteiger partial charge in [0, 0.05) is 12.2 Å². The SMILES string of the molecule is Cc1cccc(C)c1NCCCN(C)C. The largest absolute Gasteiger partial charge is 0.385 e. The van der Waals surface area contributed by atoms with Gasteiger partial charge in [-0.3, -0.25) is 0 Å². The third-order valence-electron chi connectivity index (χ3n) is 2.57. The van der Waals surface area contributed by atoms with E-state index in [0.29, 0.717) is 0 Å². The molecule has 1 rings (SSSR count). The number of anilines is 1. The van der Waals surface area contributed by atoms with Gasteiger partial charge in [-0.15, -0.1) is 0 Å². The quantitative estimate of drug-likeness (QED) is 0.745. The molecule has 1 aromatic carbocycles. The van der Waals surface area contributed by atoms with Crippen molar-refractivity contribution in [2.45, 2.75) is 20.3 Å². The molecule has 0 bridgehead atoms. The molecule has 0 aliphatic carbocycles. The van der Waals surface area contributed by atoms with Crippen molar-refractivity contribution >= 4 is 5.69 Å². The number of para-hydroxylation sites is 1. The number of rotatable bonds is 5. The zero-order valence-corrected chi connectivity index (χ0v) is 10.3. The molecule has 0 unspecified atom stereocenters. The highest BCUT2D eigenvalue weighted by Crippen LogP contribution is 2.18. The van der Waals surface area contributed by atoms with Crippen molar-refractivity contribution in [3.63, 3.8) is 0 Å². The smallest absolute Gasteiger partial charge is 0.0399 e. The van der Waals surface area contributed by atoms with Crippen LogP contribution in [0.5, 0.6) is 0 Å². The van der Waals surface area contributed by atoms with Gasteiger partial charge < -0.3 is 10.2 Å². The lowest BCUT2D eigenvalue weighted by Gasteiger charge is -2.14. The van der Waals surface area contributed by atoms with Crippen LogP contribution in [0.3, 0.4) is 0 Å². The summed E-state index contributed by atoms with van der Waals surface area (Å²) in [5.74, 6) is 0. The fourth-order valence-corrected chi connectivity index (χ4v) is 1.70. The molecule has 84 valence electrons. The zero-order valence-electron chi connectivity index (χ0n) is 10.3. The van der Waals surface area contributed by atoms with Crippen LogP contribution in [0, 0.1) is 13.8 Å². The summed E-state index contributed by atoms with van der Waals surface area (Å²) < 4.78 is 0. The van der Waals surface area contributed by atoms with Crippen LogP contribution in [0.2, 0.25) is 0 Å². The lowest BCUT2D eigenvalue weighted by molar-refractivity contribution is 0.405. The Hall–Kier alpha value is -1.02. The molecule has 0 fully saturated rings. The van der Waals surface area contributed by atoms with E-state index in [4.69, 9.17) is 0 Å². The van der Waals surface area contributed by atoms with Gasteiger partial charge in [0.05, 0.1) is 0 Å². The summed E-state index contributed by atoms with van der Waals surface area (Å²) in [4.78, 5) is 2.21. The highest BCUT2D eigenvalue weighted by molar-refractivity contribution is 5.56.